The van der Waals surface area contributed by atoms with Gasteiger partial charge in [-0.3, -0.25) is 0 Å². The summed E-state index contributed by atoms with van der Waals surface area (Å²) >= 11 is 3.32. The number of nitrogens with two attached hydrogens (primary N) is 1. The molecule has 3 heteroatoms. The van der Waals surface area contributed by atoms with Crippen molar-refractivity contribution in [3.8, 4) is 0 Å². The highest BCUT2D eigenvalue weighted by atomic mass is 79.9. The van der Waals surface area contributed by atoms with Crippen molar-refractivity contribution in [2.24, 2.45) is 11.7 Å². The van der Waals surface area contributed by atoms with E-state index in [2.05, 4.69) is 29.8 Å². The van der Waals surface area contributed by atoms with Crippen LogP contribution in [0.5, 0.6) is 0 Å². The van der Waals surface area contributed by atoms with Gasteiger partial charge in [-0.05, 0) is 30.0 Å². The van der Waals surface area contributed by atoms with Crippen molar-refractivity contribution in [2.45, 2.75) is 26.3 Å². The SMILES string of the molecule is CC(C)C[C@H](N)c1ccc(F)cc1Br. The largest absolute Gasteiger partial charge is 0.324 e. The third-order valence-corrected chi connectivity index (χ3v) is 2.77. The van der Waals surface area contributed by atoms with Crippen LogP contribution in [-0.2, 0) is 0 Å². The van der Waals surface area contributed by atoms with Crippen LogP contribution >= 0.6 is 15.9 Å². The van der Waals surface area contributed by atoms with Gasteiger partial charge in [-0.1, -0.05) is 35.8 Å². The van der Waals surface area contributed by atoms with Gasteiger partial charge in [0.2, 0.25) is 0 Å². The molecule has 0 saturated heterocycles. The highest BCUT2D eigenvalue weighted by Gasteiger charge is 2.11. The second-order valence-electron chi connectivity index (χ2n) is 3.90. The number of rotatable bonds is 3. The fourth-order valence-corrected chi connectivity index (χ4v) is 2.08. The van der Waals surface area contributed by atoms with E-state index in [1.165, 1.54) is 12.1 Å². The summed E-state index contributed by atoms with van der Waals surface area (Å²) in [4.78, 5) is 0. The van der Waals surface area contributed by atoms with Crippen molar-refractivity contribution in [1.82, 2.24) is 0 Å². The van der Waals surface area contributed by atoms with Crippen LogP contribution in [0.1, 0.15) is 31.9 Å². The lowest BCUT2D eigenvalue weighted by molar-refractivity contribution is 0.508. The monoisotopic (exact) mass is 259 g/mol. The zero-order chi connectivity index (χ0) is 10.7. The summed E-state index contributed by atoms with van der Waals surface area (Å²) in [5.74, 6) is 0.305. The molecule has 0 bridgehead atoms. The molecule has 0 aliphatic heterocycles. The fraction of sp³-hybridized carbons (Fsp3) is 0.455. The Labute approximate surface area is 92.6 Å². The lowest BCUT2D eigenvalue weighted by Gasteiger charge is -2.15. The predicted octanol–water partition coefficient (Wildman–Crippen LogP) is 3.63. The minimum atomic E-state index is -0.239. The van der Waals surface area contributed by atoms with E-state index >= 15 is 0 Å². The maximum absolute atomic E-state index is 12.8. The summed E-state index contributed by atoms with van der Waals surface area (Å²) in [7, 11) is 0. The van der Waals surface area contributed by atoms with Gasteiger partial charge in [-0.15, -0.1) is 0 Å². The average Bonchev–Trinajstić information content (AvgIpc) is 2.01. The molecular formula is C11H15BrFN. The quantitative estimate of drug-likeness (QED) is 0.882. The predicted molar refractivity (Wildman–Crippen MR) is 60.5 cm³/mol. The molecule has 1 aromatic carbocycles. The van der Waals surface area contributed by atoms with Crippen LogP contribution in [0.25, 0.3) is 0 Å². The Morgan fingerprint density at radius 2 is 2.07 bits per heavy atom. The lowest BCUT2D eigenvalue weighted by atomic mass is 9.98. The molecule has 0 unspecified atom stereocenters. The molecule has 0 fully saturated rings. The van der Waals surface area contributed by atoms with E-state index in [-0.39, 0.29) is 11.9 Å². The molecule has 1 atom stereocenters. The van der Waals surface area contributed by atoms with E-state index in [0.717, 1.165) is 16.5 Å². The maximum atomic E-state index is 12.8. The molecular weight excluding hydrogens is 245 g/mol. The first-order chi connectivity index (χ1) is 6.50. The Kier molecular flexibility index (Phi) is 4.08. The molecule has 0 radical (unpaired) electrons. The fourth-order valence-electron chi connectivity index (χ4n) is 1.44. The third-order valence-electron chi connectivity index (χ3n) is 2.09. The second kappa shape index (κ2) is 4.89. The molecule has 1 aromatic rings. The Hall–Kier alpha value is -0.410. The van der Waals surface area contributed by atoms with Crippen LogP contribution in [0, 0.1) is 11.7 Å². The molecule has 0 amide bonds. The average molecular weight is 260 g/mol. The zero-order valence-electron chi connectivity index (χ0n) is 8.43. The zero-order valence-corrected chi connectivity index (χ0v) is 10.0. The van der Waals surface area contributed by atoms with Crippen molar-refractivity contribution in [2.75, 3.05) is 0 Å². The van der Waals surface area contributed by atoms with Gasteiger partial charge in [-0.2, -0.15) is 0 Å². The third kappa shape index (κ3) is 3.07. The first-order valence-electron chi connectivity index (χ1n) is 4.71. The van der Waals surface area contributed by atoms with Gasteiger partial charge in [0, 0.05) is 10.5 Å². The molecule has 78 valence electrons. The van der Waals surface area contributed by atoms with Crippen molar-refractivity contribution in [3.05, 3.63) is 34.1 Å². The molecule has 0 aromatic heterocycles. The first-order valence-corrected chi connectivity index (χ1v) is 5.50. The molecule has 0 aliphatic carbocycles. The van der Waals surface area contributed by atoms with Crippen molar-refractivity contribution in [3.63, 3.8) is 0 Å². The second-order valence-corrected chi connectivity index (χ2v) is 4.76. The standard InChI is InChI=1S/C11H15BrFN/c1-7(2)5-11(14)9-4-3-8(13)6-10(9)12/h3-4,6-7,11H,5,14H2,1-2H3/t11-/m0/s1. The minimum absolute atomic E-state index is 0.0232. The molecule has 0 heterocycles. The van der Waals surface area contributed by atoms with Crippen molar-refractivity contribution >= 4 is 15.9 Å². The number of hydrogen-bond donors (Lipinski definition) is 1. The van der Waals surface area contributed by atoms with Crippen LogP contribution in [0.2, 0.25) is 0 Å². The summed E-state index contributed by atoms with van der Waals surface area (Å²) in [5, 5.41) is 0. The van der Waals surface area contributed by atoms with Gasteiger partial charge in [0.25, 0.3) is 0 Å². The Morgan fingerprint density at radius 3 is 2.57 bits per heavy atom. The highest BCUT2D eigenvalue weighted by molar-refractivity contribution is 9.10. The van der Waals surface area contributed by atoms with Crippen molar-refractivity contribution < 1.29 is 4.39 Å². The van der Waals surface area contributed by atoms with E-state index in [9.17, 15) is 4.39 Å². The number of halogens is 2. The van der Waals surface area contributed by atoms with Gasteiger partial charge in [0.05, 0.1) is 0 Å². The van der Waals surface area contributed by atoms with E-state index in [0.29, 0.717) is 5.92 Å². The molecule has 0 aliphatic rings. The number of benzene rings is 1. The van der Waals surface area contributed by atoms with Crippen LogP contribution < -0.4 is 5.73 Å². The van der Waals surface area contributed by atoms with E-state index < -0.39 is 0 Å². The summed E-state index contributed by atoms with van der Waals surface area (Å²) in [6.07, 6.45) is 0.907. The Morgan fingerprint density at radius 1 is 1.43 bits per heavy atom. The van der Waals surface area contributed by atoms with Gasteiger partial charge in [-0.25, -0.2) is 4.39 Å². The first kappa shape index (κ1) is 11.7. The van der Waals surface area contributed by atoms with Crippen LogP contribution in [-0.4, -0.2) is 0 Å². The topological polar surface area (TPSA) is 26.0 Å². The summed E-state index contributed by atoms with van der Waals surface area (Å²) in [6.45, 7) is 4.24. The van der Waals surface area contributed by atoms with Crippen LogP contribution in [0.3, 0.4) is 0 Å². The smallest absolute Gasteiger partial charge is 0.124 e. The molecule has 1 rings (SSSR count). The lowest BCUT2D eigenvalue weighted by Crippen LogP contribution is -2.13. The highest BCUT2D eigenvalue weighted by Crippen LogP contribution is 2.26. The molecule has 2 N–H and O–H groups in total. The van der Waals surface area contributed by atoms with Gasteiger partial charge >= 0.3 is 0 Å². The normalized spacial score (nSPS) is 13.3. The Bertz CT molecular complexity index is 312. The van der Waals surface area contributed by atoms with Crippen LogP contribution in [0.15, 0.2) is 22.7 Å². The summed E-state index contributed by atoms with van der Waals surface area (Å²) < 4.78 is 13.6. The minimum Gasteiger partial charge on any atom is -0.324 e. The maximum Gasteiger partial charge on any atom is 0.124 e. The van der Waals surface area contributed by atoms with E-state index in [1.54, 1.807) is 6.07 Å². The number of hydrogen-bond acceptors (Lipinski definition) is 1. The molecule has 0 saturated carbocycles. The van der Waals surface area contributed by atoms with Gasteiger partial charge in [0.1, 0.15) is 5.82 Å². The van der Waals surface area contributed by atoms with Crippen molar-refractivity contribution in [1.29, 1.82) is 0 Å². The van der Waals surface area contributed by atoms with Gasteiger partial charge < -0.3 is 5.73 Å². The molecule has 0 spiro atoms. The van der Waals surface area contributed by atoms with Crippen LogP contribution in [0.4, 0.5) is 4.39 Å². The molecule has 14 heavy (non-hydrogen) atoms. The van der Waals surface area contributed by atoms with E-state index in [1.807, 2.05) is 0 Å². The summed E-state index contributed by atoms with van der Waals surface area (Å²) in [6, 6.07) is 4.62. The molecule has 1 nitrogen and oxygen atoms in total. The van der Waals surface area contributed by atoms with E-state index in [4.69, 9.17) is 5.73 Å². The summed E-state index contributed by atoms with van der Waals surface area (Å²) in [5.41, 5.74) is 6.97. The van der Waals surface area contributed by atoms with Gasteiger partial charge in [0.15, 0.2) is 0 Å². The Balaban J connectivity index is 2.84.